The van der Waals surface area contributed by atoms with Gasteiger partial charge in [-0.1, -0.05) is 0 Å². The number of hydrogen-bond acceptors (Lipinski definition) is 5. The van der Waals surface area contributed by atoms with Crippen molar-refractivity contribution in [3.8, 4) is 5.75 Å². The van der Waals surface area contributed by atoms with Crippen molar-refractivity contribution in [3.63, 3.8) is 0 Å². The normalized spacial score (nSPS) is 10.4. The van der Waals surface area contributed by atoms with E-state index in [1.165, 1.54) is 13.2 Å². The first kappa shape index (κ1) is 12.0. The SMILES string of the molecule is COc1ccc(/C=N/N(C)C)cc1[N+](=O)[O-]. The number of benzene rings is 1. The third-order valence-corrected chi connectivity index (χ3v) is 1.84. The van der Waals surface area contributed by atoms with Crippen molar-refractivity contribution < 1.29 is 9.66 Å². The minimum atomic E-state index is -0.480. The summed E-state index contributed by atoms with van der Waals surface area (Å²) in [4.78, 5) is 10.3. The van der Waals surface area contributed by atoms with Crippen molar-refractivity contribution in [2.24, 2.45) is 5.10 Å². The van der Waals surface area contributed by atoms with Crippen LogP contribution in [0.4, 0.5) is 5.69 Å². The van der Waals surface area contributed by atoms with Crippen LogP contribution in [-0.4, -0.2) is 37.4 Å². The van der Waals surface area contributed by atoms with Crippen molar-refractivity contribution in [2.75, 3.05) is 21.2 Å². The van der Waals surface area contributed by atoms with Crippen LogP contribution in [0.15, 0.2) is 23.3 Å². The molecule has 0 saturated carbocycles. The third kappa shape index (κ3) is 2.94. The largest absolute Gasteiger partial charge is 0.490 e. The molecule has 0 aliphatic heterocycles. The predicted molar refractivity (Wildman–Crippen MR) is 60.9 cm³/mol. The van der Waals surface area contributed by atoms with Gasteiger partial charge in [0.25, 0.3) is 0 Å². The number of methoxy groups -OCH3 is 1. The van der Waals surface area contributed by atoms with E-state index < -0.39 is 4.92 Å². The molecule has 16 heavy (non-hydrogen) atoms. The molecule has 86 valence electrons. The van der Waals surface area contributed by atoms with Crippen LogP contribution in [0.5, 0.6) is 5.75 Å². The second-order valence-electron chi connectivity index (χ2n) is 3.28. The summed E-state index contributed by atoms with van der Waals surface area (Å²) in [5.74, 6) is 0.243. The highest BCUT2D eigenvalue weighted by Crippen LogP contribution is 2.26. The van der Waals surface area contributed by atoms with Crippen LogP contribution in [0.1, 0.15) is 5.56 Å². The Morgan fingerprint density at radius 3 is 2.69 bits per heavy atom. The van der Waals surface area contributed by atoms with Gasteiger partial charge in [0.2, 0.25) is 0 Å². The highest BCUT2D eigenvalue weighted by atomic mass is 16.6. The smallest absolute Gasteiger partial charge is 0.311 e. The fraction of sp³-hybridized carbons (Fsp3) is 0.300. The van der Waals surface area contributed by atoms with E-state index in [1.807, 2.05) is 0 Å². The van der Waals surface area contributed by atoms with Crippen molar-refractivity contribution in [2.45, 2.75) is 0 Å². The summed E-state index contributed by atoms with van der Waals surface area (Å²) in [6.45, 7) is 0. The zero-order valence-electron chi connectivity index (χ0n) is 9.38. The quantitative estimate of drug-likeness (QED) is 0.440. The van der Waals surface area contributed by atoms with Gasteiger partial charge in [-0.15, -0.1) is 0 Å². The van der Waals surface area contributed by atoms with E-state index >= 15 is 0 Å². The second-order valence-corrected chi connectivity index (χ2v) is 3.28. The van der Waals surface area contributed by atoms with Crippen molar-refractivity contribution in [3.05, 3.63) is 33.9 Å². The molecule has 6 nitrogen and oxygen atoms in total. The highest BCUT2D eigenvalue weighted by molar-refractivity contribution is 5.81. The predicted octanol–water partition coefficient (Wildman–Crippen LogP) is 1.50. The van der Waals surface area contributed by atoms with Gasteiger partial charge >= 0.3 is 5.69 Å². The van der Waals surface area contributed by atoms with E-state index in [1.54, 1.807) is 37.5 Å². The molecule has 1 aromatic carbocycles. The summed E-state index contributed by atoms with van der Waals surface area (Å²) < 4.78 is 4.89. The fourth-order valence-electron chi connectivity index (χ4n) is 1.11. The van der Waals surface area contributed by atoms with E-state index in [2.05, 4.69) is 5.10 Å². The second kappa shape index (κ2) is 5.11. The lowest BCUT2D eigenvalue weighted by molar-refractivity contribution is -0.385. The Bertz CT molecular complexity index is 416. The zero-order chi connectivity index (χ0) is 12.1. The number of nitrogens with zero attached hydrogens (tertiary/aromatic N) is 3. The Morgan fingerprint density at radius 1 is 1.50 bits per heavy atom. The highest BCUT2D eigenvalue weighted by Gasteiger charge is 2.14. The van der Waals surface area contributed by atoms with E-state index in [9.17, 15) is 10.1 Å². The number of hydrazone groups is 1. The summed E-state index contributed by atoms with van der Waals surface area (Å²) in [6.07, 6.45) is 1.55. The molecule has 0 saturated heterocycles. The van der Waals surface area contributed by atoms with Crippen LogP contribution in [0, 0.1) is 10.1 Å². The Balaban J connectivity index is 3.07. The van der Waals surface area contributed by atoms with Crippen molar-refractivity contribution >= 4 is 11.9 Å². The molecular weight excluding hydrogens is 210 g/mol. The Hall–Kier alpha value is -2.11. The van der Waals surface area contributed by atoms with E-state index in [4.69, 9.17) is 4.74 Å². The van der Waals surface area contributed by atoms with Crippen LogP contribution in [-0.2, 0) is 0 Å². The lowest BCUT2D eigenvalue weighted by Crippen LogP contribution is -2.02. The van der Waals surface area contributed by atoms with Crippen LogP contribution >= 0.6 is 0 Å². The van der Waals surface area contributed by atoms with E-state index in [0.717, 1.165) is 0 Å². The summed E-state index contributed by atoms with van der Waals surface area (Å²) in [5.41, 5.74) is 0.589. The third-order valence-electron chi connectivity index (χ3n) is 1.84. The molecule has 0 aliphatic rings. The summed E-state index contributed by atoms with van der Waals surface area (Å²) in [7, 11) is 4.94. The van der Waals surface area contributed by atoms with Crippen LogP contribution in [0.3, 0.4) is 0 Å². The molecule has 0 aromatic heterocycles. The van der Waals surface area contributed by atoms with E-state index in [-0.39, 0.29) is 11.4 Å². The standard InChI is InChI=1S/C10H13N3O3/c1-12(2)11-7-8-4-5-10(16-3)9(6-8)13(14)15/h4-7H,1-3H3/b11-7+. The number of nitro groups is 1. The lowest BCUT2D eigenvalue weighted by atomic mass is 10.2. The van der Waals surface area contributed by atoms with Gasteiger partial charge in [0, 0.05) is 25.7 Å². The van der Waals surface area contributed by atoms with Crippen LogP contribution < -0.4 is 4.74 Å². The molecule has 0 amide bonds. The topological polar surface area (TPSA) is 68.0 Å². The molecule has 0 unspecified atom stereocenters. The van der Waals surface area contributed by atoms with Gasteiger partial charge in [0.1, 0.15) is 0 Å². The maximum absolute atomic E-state index is 10.7. The number of rotatable bonds is 4. The Labute approximate surface area is 93.3 Å². The first-order valence-electron chi connectivity index (χ1n) is 4.58. The molecule has 1 rings (SSSR count). The maximum Gasteiger partial charge on any atom is 0.311 e. The molecule has 1 aromatic rings. The monoisotopic (exact) mass is 223 g/mol. The molecule has 0 spiro atoms. The maximum atomic E-state index is 10.7. The number of ether oxygens (including phenoxy) is 1. The van der Waals surface area contributed by atoms with Crippen molar-refractivity contribution in [1.29, 1.82) is 0 Å². The Kier molecular flexibility index (Phi) is 3.82. The first-order valence-corrected chi connectivity index (χ1v) is 4.58. The number of nitro benzene ring substituents is 1. The van der Waals surface area contributed by atoms with Gasteiger partial charge in [-0.25, -0.2) is 0 Å². The van der Waals surface area contributed by atoms with E-state index in [0.29, 0.717) is 5.56 Å². The zero-order valence-corrected chi connectivity index (χ0v) is 9.38. The minimum absolute atomic E-state index is 0.0646. The van der Waals surface area contributed by atoms with Gasteiger partial charge in [-0.3, -0.25) is 10.1 Å². The first-order chi connectivity index (χ1) is 7.54. The van der Waals surface area contributed by atoms with Gasteiger partial charge in [0.05, 0.1) is 18.2 Å². The molecule has 0 bridgehead atoms. The van der Waals surface area contributed by atoms with Gasteiger partial charge in [-0.05, 0) is 12.1 Å². The summed E-state index contributed by atoms with van der Waals surface area (Å²) in [5, 5.41) is 16.3. The van der Waals surface area contributed by atoms with Crippen LogP contribution in [0.25, 0.3) is 0 Å². The average molecular weight is 223 g/mol. The average Bonchev–Trinajstić information content (AvgIpc) is 2.25. The summed E-state index contributed by atoms with van der Waals surface area (Å²) in [6, 6.07) is 4.68. The van der Waals surface area contributed by atoms with Gasteiger partial charge in [0.15, 0.2) is 5.75 Å². The molecule has 6 heteroatoms. The minimum Gasteiger partial charge on any atom is -0.490 e. The summed E-state index contributed by atoms with van der Waals surface area (Å²) >= 11 is 0. The number of hydrogen-bond donors (Lipinski definition) is 0. The van der Waals surface area contributed by atoms with Gasteiger partial charge in [-0.2, -0.15) is 5.10 Å². The van der Waals surface area contributed by atoms with Crippen molar-refractivity contribution in [1.82, 2.24) is 5.01 Å². The van der Waals surface area contributed by atoms with Gasteiger partial charge < -0.3 is 9.75 Å². The molecular formula is C10H13N3O3. The molecule has 0 aliphatic carbocycles. The molecule has 0 fully saturated rings. The lowest BCUT2D eigenvalue weighted by Gasteiger charge is -2.04. The molecule has 0 atom stereocenters. The Morgan fingerprint density at radius 2 is 2.19 bits per heavy atom. The van der Waals surface area contributed by atoms with Crippen LogP contribution in [0.2, 0.25) is 0 Å². The fourth-order valence-corrected chi connectivity index (χ4v) is 1.11. The molecule has 0 N–H and O–H groups in total. The molecule has 0 radical (unpaired) electrons. The molecule has 0 heterocycles.